The van der Waals surface area contributed by atoms with Crippen LogP contribution in [0.25, 0.3) is 0 Å². The molecule has 1 aromatic rings. The van der Waals surface area contributed by atoms with Gasteiger partial charge in [-0.05, 0) is 30.5 Å². The molecule has 3 amide bonds. The number of carbonyl (C=O) groups excluding carboxylic acids is 2. The second-order valence-corrected chi connectivity index (χ2v) is 5.68. The van der Waals surface area contributed by atoms with Crippen LogP contribution in [-0.2, 0) is 11.3 Å². The average Bonchev–Trinajstić information content (AvgIpc) is 2.64. The summed E-state index contributed by atoms with van der Waals surface area (Å²) in [7, 11) is 0. The molecule has 1 atom stereocenters. The van der Waals surface area contributed by atoms with E-state index in [0.29, 0.717) is 5.56 Å². The van der Waals surface area contributed by atoms with E-state index in [-0.39, 0.29) is 23.9 Å². The highest BCUT2D eigenvalue weighted by molar-refractivity contribution is 6.06. The van der Waals surface area contributed by atoms with Crippen LogP contribution in [0, 0.1) is 5.92 Å². The molecule has 1 heterocycles. The van der Waals surface area contributed by atoms with Crippen LogP contribution in [-0.4, -0.2) is 33.5 Å². The van der Waals surface area contributed by atoms with Crippen molar-refractivity contribution >= 4 is 17.9 Å². The van der Waals surface area contributed by atoms with E-state index in [1.54, 1.807) is 19.1 Å². The Balaban J connectivity index is 2.18. The minimum absolute atomic E-state index is 0.0201. The van der Waals surface area contributed by atoms with Gasteiger partial charge in [0, 0.05) is 0 Å². The molecule has 0 aliphatic carbocycles. The number of carboxylic acid groups (broad SMARTS) is 1. The molecule has 112 valence electrons. The fraction of sp³-hybridized carbons (Fsp3) is 0.400. The van der Waals surface area contributed by atoms with Gasteiger partial charge in [0.15, 0.2) is 0 Å². The van der Waals surface area contributed by atoms with Crippen molar-refractivity contribution in [3.05, 3.63) is 35.4 Å². The van der Waals surface area contributed by atoms with Gasteiger partial charge in [-0.15, -0.1) is 0 Å². The molecule has 21 heavy (non-hydrogen) atoms. The second kappa shape index (κ2) is 5.20. The maximum atomic E-state index is 12.4. The molecule has 6 heteroatoms. The monoisotopic (exact) mass is 290 g/mol. The Morgan fingerprint density at radius 1 is 1.29 bits per heavy atom. The first-order chi connectivity index (χ1) is 9.75. The first kappa shape index (κ1) is 15.0. The highest BCUT2D eigenvalue weighted by Crippen LogP contribution is 2.26. The summed E-state index contributed by atoms with van der Waals surface area (Å²) in [6.45, 7) is 5.60. The molecule has 1 aliphatic heterocycles. The molecule has 0 radical (unpaired) electrons. The third-order valence-corrected chi connectivity index (χ3v) is 4.00. The van der Waals surface area contributed by atoms with Crippen molar-refractivity contribution < 1.29 is 19.5 Å². The minimum Gasteiger partial charge on any atom is -0.478 e. The van der Waals surface area contributed by atoms with Gasteiger partial charge in [-0.1, -0.05) is 26.0 Å². The fourth-order valence-corrected chi connectivity index (χ4v) is 2.19. The molecule has 0 bridgehead atoms. The number of aromatic carboxylic acids is 1. The molecule has 1 aliphatic rings. The molecule has 0 spiro atoms. The summed E-state index contributed by atoms with van der Waals surface area (Å²) < 4.78 is 0. The summed E-state index contributed by atoms with van der Waals surface area (Å²) in [5.41, 5.74) is -0.0163. The predicted octanol–water partition coefficient (Wildman–Crippen LogP) is 1.85. The number of rotatable bonds is 4. The van der Waals surface area contributed by atoms with E-state index in [4.69, 9.17) is 5.11 Å². The fourth-order valence-electron chi connectivity index (χ4n) is 2.19. The second-order valence-electron chi connectivity index (χ2n) is 5.68. The van der Waals surface area contributed by atoms with Gasteiger partial charge in [-0.2, -0.15) is 0 Å². The number of hydrogen-bond donors (Lipinski definition) is 2. The first-order valence-corrected chi connectivity index (χ1v) is 6.72. The minimum atomic E-state index is -1.01. The van der Waals surface area contributed by atoms with Gasteiger partial charge < -0.3 is 10.4 Å². The normalized spacial score (nSPS) is 21.8. The molecule has 0 saturated carbocycles. The number of imide groups is 1. The van der Waals surface area contributed by atoms with Crippen molar-refractivity contribution in [1.82, 2.24) is 10.2 Å². The van der Waals surface area contributed by atoms with E-state index >= 15 is 0 Å². The van der Waals surface area contributed by atoms with Gasteiger partial charge >= 0.3 is 12.0 Å². The van der Waals surface area contributed by atoms with Crippen LogP contribution in [0.1, 0.15) is 36.7 Å². The number of nitrogens with one attached hydrogen (secondary N) is 1. The highest BCUT2D eigenvalue weighted by Gasteiger charge is 2.49. The zero-order valence-corrected chi connectivity index (χ0v) is 12.2. The summed E-state index contributed by atoms with van der Waals surface area (Å²) in [5, 5.41) is 11.6. The standard InChI is InChI=1S/C15H18N2O4/c1-9(2)15(3)13(20)17(14(21)16-15)8-10-4-6-11(7-5-10)12(18)19/h4-7,9H,8H2,1-3H3,(H,16,21)(H,18,19). The van der Waals surface area contributed by atoms with Crippen LogP contribution in [0.15, 0.2) is 24.3 Å². The Kier molecular flexibility index (Phi) is 3.72. The third kappa shape index (κ3) is 2.61. The third-order valence-electron chi connectivity index (χ3n) is 4.00. The van der Waals surface area contributed by atoms with Crippen molar-refractivity contribution in [3.63, 3.8) is 0 Å². The highest BCUT2D eigenvalue weighted by atomic mass is 16.4. The first-order valence-electron chi connectivity index (χ1n) is 6.72. The number of amides is 3. The van der Waals surface area contributed by atoms with Gasteiger partial charge in [0.25, 0.3) is 5.91 Å². The molecular formula is C15H18N2O4. The summed E-state index contributed by atoms with van der Waals surface area (Å²) in [6.07, 6.45) is 0. The number of benzene rings is 1. The lowest BCUT2D eigenvalue weighted by Crippen LogP contribution is -2.48. The number of carbonyl (C=O) groups is 3. The Morgan fingerprint density at radius 2 is 1.86 bits per heavy atom. The Hall–Kier alpha value is -2.37. The van der Waals surface area contributed by atoms with Crippen LogP contribution >= 0.6 is 0 Å². The van der Waals surface area contributed by atoms with Crippen molar-refractivity contribution in [2.45, 2.75) is 32.9 Å². The van der Waals surface area contributed by atoms with Crippen LogP contribution in [0.5, 0.6) is 0 Å². The quantitative estimate of drug-likeness (QED) is 0.828. The van der Waals surface area contributed by atoms with Crippen LogP contribution in [0.4, 0.5) is 4.79 Å². The molecule has 2 N–H and O–H groups in total. The van der Waals surface area contributed by atoms with Crippen molar-refractivity contribution in [3.8, 4) is 0 Å². The summed E-state index contributed by atoms with van der Waals surface area (Å²) in [5.74, 6) is -1.29. The Labute approximate surface area is 122 Å². The Morgan fingerprint density at radius 3 is 2.29 bits per heavy atom. The van der Waals surface area contributed by atoms with Crippen molar-refractivity contribution in [2.75, 3.05) is 0 Å². The smallest absolute Gasteiger partial charge is 0.335 e. The van der Waals surface area contributed by atoms with Gasteiger partial charge in [0.1, 0.15) is 5.54 Å². The molecule has 1 fully saturated rings. The van der Waals surface area contributed by atoms with Crippen molar-refractivity contribution in [1.29, 1.82) is 0 Å². The zero-order chi connectivity index (χ0) is 15.8. The van der Waals surface area contributed by atoms with E-state index in [9.17, 15) is 14.4 Å². The van der Waals surface area contributed by atoms with E-state index in [1.165, 1.54) is 12.1 Å². The van der Waals surface area contributed by atoms with Crippen LogP contribution < -0.4 is 5.32 Å². The molecule has 2 rings (SSSR count). The maximum Gasteiger partial charge on any atom is 0.335 e. The molecular weight excluding hydrogens is 272 g/mol. The molecule has 1 saturated heterocycles. The largest absolute Gasteiger partial charge is 0.478 e. The van der Waals surface area contributed by atoms with Gasteiger partial charge in [-0.3, -0.25) is 9.69 Å². The van der Waals surface area contributed by atoms with Crippen LogP contribution in [0.3, 0.4) is 0 Å². The average molecular weight is 290 g/mol. The summed E-state index contributed by atoms with van der Waals surface area (Å²) in [4.78, 5) is 36.3. The lowest BCUT2D eigenvalue weighted by Gasteiger charge is -2.25. The lowest BCUT2D eigenvalue weighted by atomic mass is 9.88. The van der Waals surface area contributed by atoms with Crippen LogP contribution in [0.2, 0.25) is 0 Å². The van der Waals surface area contributed by atoms with E-state index in [1.807, 2.05) is 13.8 Å². The topological polar surface area (TPSA) is 86.7 Å². The van der Waals surface area contributed by atoms with E-state index in [0.717, 1.165) is 4.90 Å². The maximum absolute atomic E-state index is 12.4. The van der Waals surface area contributed by atoms with Gasteiger partial charge in [0.2, 0.25) is 0 Å². The van der Waals surface area contributed by atoms with Gasteiger partial charge in [0.05, 0.1) is 12.1 Å². The number of carboxylic acids is 1. The summed E-state index contributed by atoms with van der Waals surface area (Å²) in [6, 6.07) is 5.71. The molecule has 1 aromatic carbocycles. The number of hydrogen-bond acceptors (Lipinski definition) is 3. The van der Waals surface area contributed by atoms with Gasteiger partial charge in [-0.25, -0.2) is 9.59 Å². The SMILES string of the molecule is CC(C)C1(C)NC(=O)N(Cc2ccc(C(=O)O)cc2)C1=O. The lowest BCUT2D eigenvalue weighted by molar-refractivity contribution is -0.132. The summed E-state index contributed by atoms with van der Waals surface area (Å²) >= 11 is 0. The zero-order valence-electron chi connectivity index (χ0n) is 12.2. The van der Waals surface area contributed by atoms with E-state index in [2.05, 4.69) is 5.32 Å². The molecule has 1 unspecified atom stereocenters. The number of nitrogens with zero attached hydrogens (tertiary/aromatic N) is 1. The molecule has 6 nitrogen and oxygen atoms in total. The van der Waals surface area contributed by atoms with E-state index < -0.39 is 17.5 Å². The Bertz CT molecular complexity index is 594. The predicted molar refractivity (Wildman–Crippen MR) is 75.7 cm³/mol. The number of urea groups is 1. The molecule has 0 aromatic heterocycles. The van der Waals surface area contributed by atoms with Crippen molar-refractivity contribution in [2.24, 2.45) is 5.92 Å².